The van der Waals surface area contributed by atoms with Crippen molar-refractivity contribution in [1.29, 1.82) is 0 Å². The molecule has 3 atom stereocenters. The van der Waals surface area contributed by atoms with Crippen molar-refractivity contribution in [3.05, 3.63) is 12.7 Å². The molecular weight excluding hydrogens is 192 g/mol. The summed E-state index contributed by atoms with van der Waals surface area (Å²) < 4.78 is 0. The van der Waals surface area contributed by atoms with Crippen molar-refractivity contribution >= 4 is 11.6 Å². The van der Waals surface area contributed by atoms with Crippen molar-refractivity contribution in [2.75, 3.05) is 6.61 Å². The second kappa shape index (κ2) is 5.21. The second-order valence-corrected chi connectivity index (χ2v) is 4.26. The zero-order valence-corrected chi connectivity index (χ0v) is 9.11. The predicted molar refractivity (Wildman–Crippen MR) is 57.3 cm³/mol. The summed E-state index contributed by atoms with van der Waals surface area (Å²) in [6, 6.07) is 0. The molecule has 84 valence electrons. The van der Waals surface area contributed by atoms with Crippen LogP contribution in [0.5, 0.6) is 0 Å². The zero-order valence-electron chi connectivity index (χ0n) is 9.11. The first-order chi connectivity index (χ1) is 7.10. The van der Waals surface area contributed by atoms with Gasteiger partial charge in [-0.15, -0.1) is 6.58 Å². The molecule has 0 heterocycles. The number of aliphatic hydroxyl groups excluding tert-OH is 1. The van der Waals surface area contributed by atoms with E-state index in [1.807, 2.05) is 6.08 Å². The number of carbonyl (C=O) groups is 2. The van der Waals surface area contributed by atoms with Gasteiger partial charge in [0.05, 0.1) is 0 Å². The summed E-state index contributed by atoms with van der Waals surface area (Å²) in [5.74, 6) is -0.336. The van der Waals surface area contributed by atoms with Crippen LogP contribution in [-0.2, 0) is 9.59 Å². The predicted octanol–water partition coefficient (Wildman–Crippen LogP) is 1.36. The summed E-state index contributed by atoms with van der Waals surface area (Å²) in [5, 5.41) is 8.86. The molecule has 0 radical (unpaired) electrons. The molecule has 1 aliphatic rings. The molecule has 0 bridgehead atoms. The molecule has 0 aromatic rings. The van der Waals surface area contributed by atoms with Gasteiger partial charge in [0.2, 0.25) is 0 Å². The minimum Gasteiger partial charge on any atom is -0.389 e. The van der Waals surface area contributed by atoms with Crippen molar-refractivity contribution in [3.8, 4) is 0 Å². The van der Waals surface area contributed by atoms with Crippen LogP contribution in [0, 0.1) is 17.8 Å². The van der Waals surface area contributed by atoms with Crippen LogP contribution in [0.15, 0.2) is 12.7 Å². The lowest BCUT2D eigenvalue weighted by atomic mass is 9.71. The molecule has 0 aromatic carbocycles. The molecule has 1 fully saturated rings. The molecule has 0 aromatic heterocycles. The summed E-state index contributed by atoms with van der Waals surface area (Å²) in [5.41, 5.74) is 0. The third kappa shape index (κ3) is 2.75. The fourth-order valence-electron chi connectivity index (χ4n) is 2.38. The fourth-order valence-corrected chi connectivity index (χ4v) is 2.38. The van der Waals surface area contributed by atoms with E-state index in [2.05, 4.69) is 6.58 Å². The Labute approximate surface area is 90.2 Å². The maximum atomic E-state index is 11.5. The Balaban J connectivity index is 2.77. The highest BCUT2D eigenvalue weighted by Gasteiger charge is 2.36. The van der Waals surface area contributed by atoms with E-state index in [1.165, 1.54) is 6.92 Å². The van der Waals surface area contributed by atoms with Gasteiger partial charge in [0, 0.05) is 11.8 Å². The highest BCUT2D eigenvalue weighted by molar-refractivity contribution is 5.89. The van der Waals surface area contributed by atoms with Crippen molar-refractivity contribution in [2.45, 2.75) is 26.2 Å². The lowest BCUT2D eigenvalue weighted by Gasteiger charge is -2.32. The first kappa shape index (κ1) is 12.1. The molecule has 1 aliphatic carbocycles. The van der Waals surface area contributed by atoms with Crippen LogP contribution in [0.3, 0.4) is 0 Å². The van der Waals surface area contributed by atoms with Gasteiger partial charge in [-0.3, -0.25) is 9.59 Å². The summed E-state index contributed by atoms with van der Waals surface area (Å²) >= 11 is 0. The van der Waals surface area contributed by atoms with Gasteiger partial charge >= 0.3 is 0 Å². The molecule has 3 heteroatoms. The SMILES string of the molecule is C=CC1CCC(C(C)=O)C(C(=O)CO)C1. The molecule has 1 rings (SSSR count). The molecule has 0 saturated heterocycles. The normalized spacial score (nSPS) is 30.9. The van der Waals surface area contributed by atoms with Gasteiger partial charge < -0.3 is 5.11 Å². The number of ketones is 2. The Morgan fingerprint density at radius 1 is 1.40 bits per heavy atom. The average Bonchev–Trinajstić information content (AvgIpc) is 2.26. The van der Waals surface area contributed by atoms with Gasteiger partial charge in [0.1, 0.15) is 12.4 Å². The lowest BCUT2D eigenvalue weighted by molar-refractivity contribution is -0.135. The maximum absolute atomic E-state index is 11.5. The van der Waals surface area contributed by atoms with Gasteiger partial charge in [-0.05, 0) is 32.1 Å². The third-order valence-corrected chi connectivity index (χ3v) is 3.32. The molecule has 0 spiro atoms. The fraction of sp³-hybridized carbons (Fsp3) is 0.667. The van der Waals surface area contributed by atoms with E-state index in [0.29, 0.717) is 12.3 Å². The van der Waals surface area contributed by atoms with Gasteiger partial charge in [0.15, 0.2) is 5.78 Å². The molecule has 15 heavy (non-hydrogen) atoms. The quantitative estimate of drug-likeness (QED) is 0.713. The summed E-state index contributed by atoms with van der Waals surface area (Å²) in [6.45, 7) is 4.78. The minimum absolute atomic E-state index is 0.0595. The van der Waals surface area contributed by atoms with E-state index in [4.69, 9.17) is 5.11 Å². The standard InChI is InChI=1S/C12H18O3/c1-3-9-4-5-10(8(2)14)11(6-9)12(15)7-13/h3,9-11,13H,1,4-7H2,2H3. The van der Waals surface area contributed by atoms with E-state index < -0.39 is 6.61 Å². The topological polar surface area (TPSA) is 54.4 Å². The highest BCUT2D eigenvalue weighted by Crippen LogP contribution is 2.35. The zero-order chi connectivity index (χ0) is 11.4. The van der Waals surface area contributed by atoms with Crippen molar-refractivity contribution in [1.82, 2.24) is 0 Å². The molecule has 0 aliphatic heterocycles. The van der Waals surface area contributed by atoms with Crippen LogP contribution >= 0.6 is 0 Å². The smallest absolute Gasteiger partial charge is 0.161 e. The molecular formula is C12H18O3. The van der Waals surface area contributed by atoms with Crippen LogP contribution < -0.4 is 0 Å². The molecule has 1 N–H and O–H groups in total. The molecule has 3 unspecified atom stereocenters. The van der Waals surface area contributed by atoms with Crippen LogP contribution in [0.1, 0.15) is 26.2 Å². The number of rotatable bonds is 4. The van der Waals surface area contributed by atoms with E-state index in [1.54, 1.807) is 0 Å². The number of aliphatic hydroxyl groups is 1. The van der Waals surface area contributed by atoms with Crippen LogP contribution in [-0.4, -0.2) is 23.3 Å². The number of hydrogen-bond donors (Lipinski definition) is 1. The Hall–Kier alpha value is -0.960. The van der Waals surface area contributed by atoms with Gasteiger partial charge in [0.25, 0.3) is 0 Å². The van der Waals surface area contributed by atoms with Crippen LogP contribution in [0.4, 0.5) is 0 Å². The van der Waals surface area contributed by atoms with Gasteiger partial charge in [-0.2, -0.15) is 0 Å². The second-order valence-electron chi connectivity index (χ2n) is 4.26. The molecule has 3 nitrogen and oxygen atoms in total. The average molecular weight is 210 g/mol. The first-order valence-electron chi connectivity index (χ1n) is 5.36. The van der Waals surface area contributed by atoms with Crippen molar-refractivity contribution < 1.29 is 14.7 Å². The van der Waals surface area contributed by atoms with Crippen LogP contribution in [0.2, 0.25) is 0 Å². The van der Waals surface area contributed by atoms with Crippen molar-refractivity contribution in [2.24, 2.45) is 17.8 Å². The Kier molecular flexibility index (Phi) is 4.21. The number of allylic oxidation sites excluding steroid dienone is 1. The lowest BCUT2D eigenvalue weighted by Crippen LogP contribution is -2.35. The number of carbonyl (C=O) groups excluding carboxylic acids is 2. The first-order valence-corrected chi connectivity index (χ1v) is 5.36. The van der Waals surface area contributed by atoms with E-state index in [-0.39, 0.29) is 23.4 Å². The maximum Gasteiger partial charge on any atom is 0.161 e. The van der Waals surface area contributed by atoms with E-state index >= 15 is 0 Å². The summed E-state index contributed by atoms with van der Waals surface area (Å²) in [7, 11) is 0. The Morgan fingerprint density at radius 2 is 2.07 bits per heavy atom. The van der Waals surface area contributed by atoms with Crippen LogP contribution in [0.25, 0.3) is 0 Å². The summed E-state index contributed by atoms with van der Waals surface area (Å²) in [6.07, 6.45) is 4.16. The molecule has 0 amide bonds. The highest BCUT2D eigenvalue weighted by atomic mass is 16.3. The minimum atomic E-state index is -0.460. The largest absolute Gasteiger partial charge is 0.389 e. The summed E-state index contributed by atoms with van der Waals surface area (Å²) in [4.78, 5) is 22.9. The van der Waals surface area contributed by atoms with Gasteiger partial charge in [-0.1, -0.05) is 6.08 Å². The van der Waals surface area contributed by atoms with E-state index in [9.17, 15) is 9.59 Å². The van der Waals surface area contributed by atoms with E-state index in [0.717, 1.165) is 12.8 Å². The monoisotopic (exact) mass is 210 g/mol. The number of Topliss-reactive ketones (excluding diaryl/α,β-unsaturated/α-hetero) is 2. The third-order valence-electron chi connectivity index (χ3n) is 3.32. The Bertz CT molecular complexity index is 270. The van der Waals surface area contributed by atoms with Crippen molar-refractivity contribution in [3.63, 3.8) is 0 Å². The van der Waals surface area contributed by atoms with Gasteiger partial charge in [-0.25, -0.2) is 0 Å². The number of hydrogen-bond acceptors (Lipinski definition) is 3. The Morgan fingerprint density at radius 3 is 2.53 bits per heavy atom. The molecule has 1 saturated carbocycles.